The maximum Gasteiger partial charge on any atom is 2.00 e. The monoisotopic (exact) mass is 878 g/mol. The Morgan fingerprint density at radius 2 is 0.881 bits per heavy atom. The quantitative estimate of drug-likeness (QED) is 0.0351. The van der Waals surface area contributed by atoms with Crippen LogP contribution in [0.4, 0.5) is 0 Å². The molecule has 0 radical (unpaired) electrons. The van der Waals surface area contributed by atoms with Crippen molar-refractivity contribution in [3.63, 3.8) is 0 Å². The molecule has 0 heterocycles. The van der Waals surface area contributed by atoms with E-state index in [2.05, 4.69) is 13.8 Å². The molecule has 4 aromatic rings. The summed E-state index contributed by atoms with van der Waals surface area (Å²) >= 11 is 0. The predicted molar refractivity (Wildman–Crippen MR) is 232 cm³/mol. The molecule has 320 valence electrons. The smallest absolute Gasteiger partial charge is 0.870 e. The van der Waals surface area contributed by atoms with Crippen molar-refractivity contribution in [2.75, 3.05) is 0 Å². The van der Waals surface area contributed by atoms with Crippen molar-refractivity contribution in [3.8, 4) is 34.5 Å². The summed E-state index contributed by atoms with van der Waals surface area (Å²) < 4.78 is 78.7. The number of hydrogen-bond acceptors (Lipinski definition) is 9. The Bertz CT molecular complexity index is 1850. The molecule has 0 amide bonds. The number of phenolic OH excluding ortho intramolecular Hbond substituents is 1. The van der Waals surface area contributed by atoms with Crippen LogP contribution in [0.25, 0.3) is 0 Å². The summed E-state index contributed by atoms with van der Waals surface area (Å²) in [7, 11) is -9.33. The van der Waals surface area contributed by atoms with Gasteiger partial charge in [-0.2, -0.15) is 8.42 Å². The molecule has 0 spiro atoms. The van der Waals surface area contributed by atoms with Crippen LogP contribution in [0.15, 0.2) is 94.7 Å². The molecular formula is C46H62CaO10S2. The zero-order chi connectivity index (χ0) is 42.2. The van der Waals surface area contributed by atoms with E-state index in [0.29, 0.717) is 35.5 Å². The number of aromatic hydroxyl groups is 1. The van der Waals surface area contributed by atoms with Gasteiger partial charge >= 0.3 is 37.7 Å². The Labute approximate surface area is 383 Å². The van der Waals surface area contributed by atoms with Gasteiger partial charge in [-0.05, 0) is 67.6 Å². The van der Waals surface area contributed by atoms with Crippen LogP contribution < -0.4 is 14.6 Å². The molecule has 0 unspecified atom stereocenters. The van der Waals surface area contributed by atoms with Crippen LogP contribution in [0, 0.1) is 0 Å². The van der Waals surface area contributed by atoms with E-state index in [0.717, 1.165) is 38.5 Å². The van der Waals surface area contributed by atoms with Gasteiger partial charge < -0.3 is 24.2 Å². The van der Waals surface area contributed by atoms with Gasteiger partial charge in [-0.25, -0.2) is 8.42 Å². The minimum absolute atomic E-state index is 0. The molecule has 0 saturated heterocycles. The summed E-state index contributed by atoms with van der Waals surface area (Å²) in [5.74, 6) is -0.691. The first-order chi connectivity index (χ1) is 27.9. The maximum atomic E-state index is 12.8. The third-order valence-electron chi connectivity index (χ3n) is 9.91. The molecule has 0 aliphatic carbocycles. The fourth-order valence-corrected chi connectivity index (χ4v) is 7.85. The van der Waals surface area contributed by atoms with Gasteiger partial charge in [-0.3, -0.25) is 4.55 Å². The van der Waals surface area contributed by atoms with Crippen molar-refractivity contribution < 1.29 is 45.6 Å². The molecule has 0 fully saturated rings. The second kappa shape index (κ2) is 28.6. The van der Waals surface area contributed by atoms with Crippen LogP contribution >= 0.6 is 0 Å². The van der Waals surface area contributed by atoms with E-state index in [1.165, 1.54) is 95.2 Å². The van der Waals surface area contributed by atoms with Crippen molar-refractivity contribution in [2.45, 2.75) is 152 Å². The number of benzene rings is 4. The van der Waals surface area contributed by atoms with E-state index in [4.69, 9.17) is 9.47 Å². The summed E-state index contributed by atoms with van der Waals surface area (Å²) in [4.78, 5) is -1.04. The molecule has 0 aliphatic heterocycles. The van der Waals surface area contributed by atoms with Crippen LogP contribution in [-0.2, 0) is 33.1 Å². The standard InChI is InChI=1S/2C23H32O5S.Ca/c2*1-2-3-4-5-6-7-8-9-11-14-19-17-18-21(29(25,26)27)23(22(19)24)28-20-15-12-10-13-16-20;/h2*10,12-13,15-18,24H,2-9,11,14H2,1H3,(H,25,26,27);/q;;+2/p-2. The molecule has 0 bridgehead atoms. The van der Waals surface area contributed by atoms with E-state index in [-0.39, 0.29) is 49.2 Å². The number of rotatable bonds is 26. The van der Waals surface area contributed by atoms with Crippen molar-refractivity contribution >= 4 is 58.0 Å². The predicted octanol–water partition coefficient (Wildman–Crippen LogP) is 11.7. The Kier molecular flexibility index (Phi) is 25.4. The van der Waals surface area contributed by atoms with Crippen LogP contribution in [-0.4, -0.2) is 68.8 Å². The fourth-order valence-electron chi connectivity index (χ4n) is 6.64. The van der Waals surface area contributed by atoms with Crippen molar-refractivity contribution in [2.24, 2.45) is 0 Å². The Balaban J connectivity index is 0.000000400. The summed E-state index contributed by atoms with van der Waals surface area (Å²) in [5.41, 5.74) is 1.09. The van der Waals surface area contributed by atoms with E-state index < -0.39 is 41.5 Å². The minimum atomic E-state index is -4.81. The molecule has 4 aromatic carbocycles. The van der Waals surface area contributed by atoms with E-state index in [1.807, 2.05) is 0 Å². The Hall–Kier alpha value is -2.84. The van der Waals surface area contributed by atoms with E-state index >= 15 is 0 Å². The van der Waals surface area contributed by atoms with Crippen molar-refractivity contribution in [1.29, 1.82) is 0 Å². The zero-order valence-electron chi connectivity index (χ0n) is 34.9. The van der Waals surface area contributed by atoms with Gasteiger partial charge in [0.15, 0.2) is 11.5 Å². The number of hydrogen-bond donors (Lipinski definition) is 2. The maximum absolute atomic E-state index is 12.8. The summed E-state index contributed by atoms with van der Waals surface area (Å²) in [6.45, 7) is 4.42. The van der Waals surface area contributed by atoms with Gasteiger partial charge in [0.1, 0.15) is 32.3 Å². The average molecular weight is 879 g/mol. The first kappa shape index (κ1) is 52.3. The summed E-state index contributed by atoms with van der Waals surface area (Å²) in [6.07, 6.45) is 22.5. The molecular weight excluding hydrogens is 817 g/mol. The topological polar surface area (TPSA) is 173 Å². The number of phenols is 1. The fraction of sp³-hybridized carbons (Fsp3) is 0.478. The number of unbranched alkanes of at least 4 members (excludes halogenated alkanes) is 16. The second-order valence-corrected chi connectivity index (χ2v) is 17.4. The summed E-state index contributed by atoms with van der Waals surface area (Å²) in [5, 5.41) is 23.4. The van der Waals surface area contributed by atoms with Gasteiger partial charge in [0.25, 0.3) is 10.1 Å². The molecule has 2 N–H and O–H groups in total. The number of ether oxygens (including phenoxy) is 2. The minimum Gasteiger partial charge on any atom is -0.870 e. The number of aryl methyl sites for hydroxylation is 2. The van der Waals surface area contributed by atoms with Crippen LogP contribution in [0.5, 0.6) is 34.5 Å². The Morgan fingerprint density at radius 1 is 0.508 bits per heavy atom. The van der Waals surface area contributed by atoms with E-state index in [9.17, 15) is 36.2 Å². The number of para-hydroxylation sites is 2. The van der Waals surface area contributed by atoms with Crippen molar-refractivity contribution in [1.82, 2.24) is 0 Å². The molecule has 0 aromatic heterocycles. The average Bonchev–Trinajstić information content (AvgIpc) is 3.19. The van der Waals surface area contributed by atoms with Gasteiger partial charge in [0, 0.05) is 0 Å². The van der Waals surface area contributed by atoms with Crippen LogP contribution in [0.1, 0.15) is 141 Å². The second-order valence-electron chi connectivity index (χ2n) is 14.7. The Morgan fingerprint density at radius 3 is 1.31 bits per heavy atom. The largest absolute Gasteiger partial charge is 2.00 e. The SMILES string of the molecule is CCCCCCCCCCCc1ccc(S(=O)(=O)O)c(Oc2ccccc2)c1O.CCCCCCCCCCCc1ccc(S(=O)(=O)[O-])c(Oc2ccccc2)c1[O-].[Ca+2]. The van der Waals surface area contributed by atoms with Gasteiger partial charge in [0.2, 0.25) is 0 Å². The third-order valence-corrected chi connectivity index (χ3v) is 11.6. The first-order valence-electron chi connectivity index (χ1n) is 20.9. The first-order valence-corrected chi connectivity index (χ1v) is 23.8. The normalized spacial score (nSPS) is 11.3. The molecule has 0 atom stereocenters. The molecule has 0 aliphatic rings. The summed E-state index contributed by atoms with van der Waals surface area (Å²) in [6, 6.07) is 22.4. The third kappa shape index (κ3) is 19.6. The molecule has 4 rings (SSSR count). The molecule has 59 heavy (non-hydrogen) atoms. The molecule has 13 heteroatoms. The van der Waals surface area contributed by atoms with Gasteiger partial charge in [0.05, 0.1) is 4.90 Å². The molecule has 10 nitrogen and oxygen atoms in total. The van der Waals surface area contributed by atoms with Crippen LogP contribution in [0.2, 0.25) is 0 Å². The van der Waals surface area contributed by atoms with Crippen molar-refractivity contribution in [3.05, 3.63) is 96.1 Å². The van der Waals surface area contributed by atoms with Crippen LogP contribution in [0.3, 0.4) is 0 Å². The van der Waals surface area contributed by atoms with E-state index in [1.54, 1.807) is 66.7 Å². The van der Waals surface area contributed by atoms with Gasteiger partial charge in [-0.15, -0.1) is 0 Å². The van der Waals surface area contributed by atoms with Gasteiger partial charge in [-0.1, -0.05) is 176 Å². The zero-order valence-corrected chi connectivity index (χ0v) is 38.8. The molecule has 0 saturated carbocycles.